The number of imidazole rings is 1. The third kappa shape index (κ3) is 27.3. The summed E-state index contributed by atoms with van der Waals surface area (Å²) in [6.45, 7) is 6.85. The smallest absolute Gasteiger partial charge is 0.328 e. The van der Waals surface area contributed by atoms with Gasteiger partial charge in [0.15, 0.2) is 29.8 Å². The summed E-state index contributed by atoms with van der Waals surface area (Å²) >= 11 is 1.39. The van der Waals surface area contributed by atoms with E-state index in [1.165, 1.54) is 58.4 Å². The number of aliphatic hydroxyl groups excluding tert-OH is 12. The Morgan fingerprint density at radius 1 is 0.538 bits per heavy atom. The van der Waals surface area contributed by atoms with Crippen molar-refractivity contribution in [1.29, 1.82) is 10.8 Å². The number of carbonyl (C=O) groups is 3. The van der Waals surface area contributed by atoms with Crippen molar-refractivity contribution in [3.63, 3.8) is 0 Å². The molecular weight excluding hydrogens is 1560 g/mol. The van der Waals surface area contributed by atoms with E-state index in [-0.39, 0.29) is 120 Å². The number of aliphatic hydroxyl groups is 12. The van der Waals surface area contributed by atoms with Gasteiger partial charge in [-0.05, 0) is 155 Å². The molecule has 38 heteroatoms. The van der Waals surface area contributed by atoms with E-state index in [2.05, 4.69) is 69.9 Å². The molecule has 5 heterocycles. The Hall–Kier alpha value is -11.9. The number of H-pyrrole nitrogens is 3. The highest BCUT2D eigenvalue weighted by Crippen LogP contribution is 2.29. The maximum absolute atomic E-state index is 14.9. The van der Waals surface area contributed by atoms with Gasteiger partial charge in [-0.15, -0.1) is 0 Å². The van der Waals surface area contributed by atoms with Crippen LogP contribution in [0.25, 0.3) is 21.8 Å². The molecule has 37 nitrogen and oxygen atoms in total. The summed E-state index contributed by atoms with van der Waals surface area (Å²) in [4.78, 5) is 102. The number of nitrogens with two attached hydrogens (primary N) is 2. The van der Waals surface area contributed by atoms with Crippen LogP contribution in [0.3, 0.4) is 0 Å². The third-order valence-electron chi connectivity index (χ3n) is 20.2. The number of benzene rings is 3. The molecule has 0 saturated carbocycles. The first-order chi connectivity index (χ1) is 56.8. The fourth-order valence-corrected chi connectivity index (χ4v) is 14.5. The molecular formula is C81H112N20O17S. The Bertz CT molecular complexity index is 4710. The summed E-state index contributed by atoms with van der Waals surface area (Å²) in [5.74, 6) is -11.4. The molecule has 2 aliphatic rings. The van der Waals surface area contributed by atoms with Crippen molar-refractivity contribution in [2.24, 2.45) is 73.2 Å². The summed E-state index contributed by atoms with van der Waals surface area (Å²) in [5, 5.41) is 175. The summed E-state index contributed by atoms with van der Waals surface area (Å²) in [6.07, 6.45) is 8.38. The number of thioether (sulfide) groups is 1. The highest BCUT2D eigenvalue weighted by molar-refractivity contribution is 7.98. The Morgan fingerprint density at radius 2 is 1.03 bits per heavy atom. The molecule has 2 saturated heterocycles. The van der Waals surface area contributed by atoms with Crippen LogP contribution in [-0.2, 0) is 33.6 Å². The van der Waals surface area contributed by atoms with E-state index < -0.39 is 174 Å². The minimum absolute atomic E-state index is 0.00294. The number of aromatic nitrogens is 4. The highest BCUT2D eigenvalue weighted by Gasteiger charge is 2.40. The van der Waals surface area contributed by atoms with Gasteiger partial charge in [0.25, 0.3) is 0 Å². The van der Waals surface area contributed by atoms with Gasteiger partial charge < -0.3 is 108 Å². The van der Waals surface area contributed by atoms with Crippen molar-refractivity contribution in [3.8, 4) is 5.75 Å². The van der Waals surface area contributed by atoms with Crippen molar-refractivity contribution in [2.75, 3.05) is 38.2 Å². The first-order valence-electron chi connectivity index (χ1n) is 39.6. The molecule has 0 bridgehead atoms. The van der Waals surface area contributed by atoms with Crippen LogP contribution in [-0.4, -0.2) is 294 Å². The van der Waals surface area contributed by atoms with Crippen molar-refractivity contribution >= 4 is 122 Å². The molecule has 644 valence electrons. The first kappa shape index (κ1) is 92.6. The van der Waals surface area contributed by atoms with Crippen molar-refractivity contribution in [2.45, 2.75) is 209 Å². The topological polar surface area (TPSA) is 625 Å². The van der Waals surface area contributed by atoms with Gasteiger partial charge in [-0.1, -0.05) is 76.2 Å². The normalized spacial score (nSPS) is 18.7. The molecule has 12 atom stereocenters. The molecule has 23 N–H and O–H groups in total. The average Bonchev–Trinajstić information content (AvgIpc) is 1.69. The molecule has 0 spiro atoms. The maximum Gasteiger partial charge on any atom is 0.328 e. The maximum atomic E-state index is 14.9. The SMILES string of the molecule is CSCCC(N=C(O)C1CCCN1C(=O)C(CCC(=N)O)N=C(O)CN=C(O)C1CCCN1C(=O)C(CCCCN)N=C(O)C(CC(C)C)N=C(O)C(CCC(=N)O)N=C(O)C(CC(C)C)N=C(O)C(Cc1c[nH]c2ccccc12)N=C(O)C(N=C(O)C(N)Cc1c[nH]c2ccccc12)c1cnc[nH]1)C(O)=NC(Cc1ccc(O)cc1)C(=O)O. The number of amides is 2. The van der Waals surface area contributed by atoms with Crippen LogP contribution in [0.1, 0.15) is 146 Å². The standard InChI is InChI=1S/C81H112N20O17S/c1-44(2)34-59(96-75(111)61(38-48-40-88-54-17-9-7-15-51(48)54)97-78(114)69(63-41-86-43-90-63)99-70(106)52(83)37-47-39-87-53-16-8-6-14-50(47)53)73(109)92-55(25-27-66(84)103)71(107)95-60(35-45(3)4)74(110)94-57(18-10-11-30-82)79(115)100-31-12-19-64(100)76(112)89-42-68(105)91-58(26-28-67(85)104)80(116)101-32-13-20-65(101)77(113)93-56(29-33-119-5)72(108)98-62(81(117)118)36-46-21-23-49(102)24-22-46/h6-9,14-17,21-24,39-41,43-45,52,55-62,64-65,69,87-88,102H,10-13,18-20,25-38,42,82-83H2,1-5H3,(H2,84,103)(H2,85,104)(H,86,90)(H,89,112)(H,91,105)(H,92,109)(H,93,113)(H,94,110)(H,95,107)(H,96,111)(H,97,114)(H,98,108)(H,99,106)(H,117,118). The number of carbonyl (C=O) groups excluding carboxylic acids is 2. The molecule has 0 radical (unpaired) electrons. The Kier molecular flexibility index (Phi) is 35.1. The fraction of sp³-hybridized carbons (Fsp3) is 0.506. The number of nitrogens with zero attached hydrogens (tertiary/aromatic N) is 13. The minimum Gasteiger partial charge on any atom is -0.508 e. The van der Waals surface area contributed by atoms with Crippen LogP contribution in [0.2, 0.25) is 0 Å². The number of aliphatic carboxylic acids is 1. The summed E-state index contributed by atoms with van der Waals surface area (Å²) < 4.78 is 0. The molecule has 2 fully saturated rings. The van der Waals surface area contributed by atoms with E-state index >= 15 is 0 Å². The molecule has 2 aliphatic heterocycles. The number of phenols is 1. The molecule has 119 heavy (non-hydrogen) atoms. The van der Waals surface area contributed by atoms with Crippen LogP contribution < -0.4 is 11.5 Å². The number of aromatic amines is 3. The van der Waals surface area contributed by atoms with Crippen LogP contribution in [0.5, 0.6) is 5.75 Å². The average molecular weight is 1670 g/mol. The lowest BCUT2D eigenvalue weighted by molar-refractivity contribution is -0.138. The third-order valence-corrected chi connectivity index (χ3v) is 20.8. The zero-order chi connectivity index (χ0) is 86.6. The van der Waals surface area contributed by atoms with Gasteiger partial charge >= 0.3 is 5.97 Å². The molecule has 2 amide bonds. The van der Waals surface area contributed by atoms with Gasteiger partial charge in [-0.25, -0.2) is 59.7 Å². The summed E-state index contributed by atoms with van der Waals surface area (Å²) in [7, 11) is 0. The first-order valence-corrected chi connectivity index (χ1v) is 41.0. The fourth-order valence-electron chi connectivity index (χ4n) is 14.0. The zero-order valence-electron chi connectivity index (χ0n) is 67.2. The number of likely N-dealkylation sites (tertiary alicyclic amines) is 2. The Balaban J connectivity index is 1.04. The second-order valence-corrected chi connectivity index (χ2v) is 31.3. The van der Waals surface area contributed by atoms with Crippen molar-refractivity contribution < 1.29 is 85.9 Å². The summed E-state index contributed by atoms with van der Waals surface area (Å²) in [5.41, 5.74) is 16.2. The monoisotopic (exact) mass is 1670 g/mol. The van der Waals surface area contributed by atoms with Gasteiger partial charge in [0.05, 0.1) is 24.3 Å². The lowest BCUT2D eigenvalue weighted by Crippen LogP contribution is -2.46. The predicted octanol–water partition coefficient (Wildman–Crippen LogP) is 10.4. The van der Waals surface area contributed by atoms with E-state index in [9.17, 15) is 85.9 Å². The largest absolute Gasteiger partial charge is 0.508 e. The van der Waals surface area contributed by atoms with Crippen molar-refractivity contribution in [3.05, 3.63) is 120 Å². The number of phenolic OH excluding ortho intramolecular Hbond substituents is 1. The van der Waals surface area contributed by atoms with Crippen LogP contribution in [0.4, 0.5) is 0 Å². The highest BCUT2D eigenvalue weighted by atomic mass is 32.2. The van der Waals surface area contributed by atoms with Crippen LogP contribution >= 0.6 is 11.8 Å². The summed E-state index contributed by atoms with van der Waals surface area (Å²) in [6, 6.07) is 4.64. The molecule has 3 aromatic heterocycles. The number of carboxylic acids is 1. The van der Waals surface area contributed by atoms with E-state index in [1.807, 2.05) is 62.4 Å². The number of fused-ring (bicyclic) bond motifs is 2. The number of aromatic hydroxyl groups is 1. The molecule has 0 aliphatic carbocycles. The molecule has 8 rings (SSSR count). The van der Waals surface area contributed by atoms with Crippen LogP contribution in [0, 0.1) is 22.7 Å². The number of carboxylic acid groups (broad SMARTS) is 1. The van der Waals surface area contributed by atoms with E-state index in [0.29, 0.717) is 42.6 Å². The number of hydrogen-bond acceptors (Lipinski definition) is 20. The molecule has 3 aromatic carbocycles. The number of para-hydroxylation sites is 2. The number of rotatable bonds is 47. The van der Waals surface area contributed by atoms with Gasteiger partial charge in [-0.2, -0.15) is 11.8 Å². The molecule has 6 aromatic rings. The Labute approximate surface area is 691 Å². The van der Waals surface area contributed by atoms with Gasteiger partial charge in [-0.3, -0.25) is 20.4 Å². The Morgan fingerprint density at radius 3 is 1.55 bits per heavy atom. The quantitative estimate of drug-likeness (QED) is 0.00959. The second-order valence-electron chi connectivity index (χ2n) is 30.3. The molecule has 12 unspecified atom stereocenters. The van der Waals surface area contributed by atoms with Crippen LogP contribution in [0.15, 0.2) is 148 Å². The number of hydrogen-bond donors (Lipinski definition) is 21. The van der Waals surface area contributed by atoms with Crippen molar-refractivity contribution in [1.82, 2.24) is 29.7 Å². The number of aliphatic imine (C=N–C) groups is 10. The van der Waals surface area contributed by atoms with E-state index in [0.717, 1.165) is 27.4 Å². The van der Waals surface area contributed by atoms with Gasteiger partial charge in [0.1, 0.15) is 66.7 Å². The number of unbranched alkanes of at least 4 members (excludes halogenated alkanes) is 1. The predicted molar refractivity (Wildman–Crippen MR) is 462 cm³/mol. The minimum atomic E-state index is -1.56. The van der Waals surface area contributed by atoms with E-state index in [4.69, 9.17) is 22.3 Å². The van der Waals surface area contributed by atoms with Gasteiger partial charge in [0.2, 0.25) is 64.9 Å². The zero-order valence-corrected chi connectivity index (χ0v) is 68.1. The number of nitrogens with one attached hydrogen (secondary N) is 5. The second kappa shape index (κ2) is 45.1. The lowest BCUT2D eigenvalue weighted by Gasteiger charge is -2.27. The van der Waals surface area contributed by atoms with Gasteiger partial charge in [0, 0.05) is 73.0 Å². The van der Waals surface area contributed by atoms with E-state index in [1.54, 1.807) is 32.5 Å². The lowest BCUT2D eigenvalue weighted by atomic mass is 10.0.